The van der Waals surface area contributed by atoms with E-state index in [0.29, 0.717) is 22.8 Å². The average Bonchev–Trinajstić information content (AvgIpc) is 3.33. The van der Waals surface area contributed by atoms with Crippen molar-refractivity contribution in [2.45, 2.75) is 24.8 Å². The van der Waals surface area contributed by atoms with Crippen LogP contribution in [0.1, 0.15) is 27.0 Å². The van der Waals surface area contributed by atoms with E-state index in [1.54, 1.807) is 65.6 Å². The molecular weight excluding hydrogens is 492 g/mol. The second-order valence-electron chi connectivity index (χ2n) is 8.79. The van der Waals surface area contributed by atoms with Crippen LogP contribution < -0.4 is 9.21 Å². The molecule has 4 aromatic rings. The fraction of sp³-hybridized carbons (Fsp3) is 0.138. The first-order chi connectivity index (χ1) is 17.3. The van der Waals surface area contributed by atoms with Crippen molar-refractivity contribution in [3.63, 3.8) is 0 Å². The maximum absolute atomic E-state index is 13.7. The second kappa shape index (κ2) is 9.80. The van der Waals surface area contributed by atoms with Crippen molar-refractivity contribution in [2.24, 2.45) is 0 Å². The van der Waals surface area contributed by atoms with Gasteiger partial charge in [-0.25, -0.2) is 8.42 Å². The molecule has 0 spiro atoms. The number of para-hydroxylation sites is 1. The van der Waals surface area contributed by atoms with Crippen LogP contribution in [0, 0.1) is 6.92 Å². The van der Waals surface area contributed by atoms with E-state index in [0.717, 1.165) is 23.2 Å². The summed E-state index contributed by atoms with van der Waals surface area (Å²) in [5, 5.41) is 0.454. The molecule has 0 unspecified atom stereocenters. The molecule has 0 saturated heterocycles. The first-order valence-corrected chi connectivity index (χ1v) is 13.5. The minimum Gasteiger partial charge on any atom is -0.308 e. The van der Waals surface area contributed by atoms with Crippen LogP contribution in [0.4, 0.5) is 11.4 Å². The van der Waals surface area contributed by atoms with Crippen molar-refractivity contribution in [3.8, 4) is 0 Å². The largest absolute Gasteiger partial charge is 0.308 e. The fourth-order valence-corrected chi connectivity index (χ4v) is 6.19. The van der Waals surface area contributed by atoms with Crippen molar-refractivity contribution in [2.75, 3.05) is 15.7 Å². The van der Waals surface area contributed by atoms with Gasteiger partial charge in [-0.05, 0) is 72.5 Å². The number of aryl methyl sites for hydroxylation is 1. The second-order valence-corrected chi connectivity index (χ2v) is 11.1. The van der Waals surface area contributed by atoms with E-state index >= 15 is 0 Å². The van der Waals surface area contributed by atoms with E-state index in [-0.39, 0.29) is 17.3 Å². The molecule has 0 aliphatic carbocycles. The number of hydrogen-bond donors (Lipinski definition) is 0. The van der Waals surface area contributed by atoms with E-state index in [2.05, 4.69) is 0 Å². The van der Waals surface area contributed by atoms with Gasteiger partial charge in [-0.15, -0.1) is 0 Å². The first-order valence-electron chi connectivity index (χ1n) is 11.7. The highest BCUT2D eigenvalue weighted by Gasteiger charge is 2.28. The lowest BCUT2D eigenvalue weighted by Crippen LogP contribution is -2.31. The van der Waals surface area contributed by atoms with Crippen molar-refractivity contribution < 1.29 is 13.2 Å². The first kappa shape index (κ1) is 24.1. The summed E-state index contributed by atoms with van der Waals surface area (Å²) in [5.74, 6) is -0.0639. The molecular formula is C29H25ClN2O3S. The van der Waals surface area contributed by atoms with Gasteiger partial charge in [0.2, 0.25) is 0 Å². The molecule has 1 heterocycles. The number of hydrogen-bond acceptors (Lipinski definition) is 3. The van der Waals surface area contributed by atoms with E-state index in [4.69, 9.17) is 11.6 Å². The van der Waals surface area contributed by atoms with Gasteiger partial charge in [-0.3, -0.25) is 9.10 Å². The molecule has 7 heteroatoms. The maximum atomic E-state index is 13.7. The van der Waals surface area contributed by atoms with Gasteiger partial charge in [0.05, 0.1) is 17.1 Å². The van der Waals surface area contributed by atoms with Crippen LogP contribution in [-0.2, 0) is 23.0 Å². The van der Waals surface area contributed by atoms with E-state index in [1.165, 1.54) is 9.87 Å². The van der Waals surface area contributed by atoms with Gasteiger partial charge >= 0.3 is 0 Å². The SMILES string of the molecule is Cc1ccc(Cl)cc1N(Cc1ccc(C(=O)N2CCc3ccccc32)cc1)S(=O)(=O)c1ccccc1. The number of anilines is 2. The van der Waals surface area contributed by atoms with Gasteiger partial charge in [-0.2, -0.15) is 0 Å². The Hall–Kier alpha value is -3.61. The predicted molar refractivity (Wildman–Crippen MR) is 144 cm³/mol. The Bertz CT molecular complexity index is 1520. The topological polar surface area (TPSA) is 57.7 Å². The Labute approximate surface area is 216 Å². The normalized spacial score (nSPS) is 12.9. The van der Waals surface area contributed by atoms with Crippen molar-refractivity contribution in [1.82, 2.24) is 0 Å². The van der Waals surface area contributed by atoms with Gasteiger partial charge in [0, 0.05) is 22.8 Å². The number of nitrogens with zero attached hydrogens (tertiary/aromatic N) is 2. The Kier molecular flexibility index (Phi) is 6.56. The molecule has 0 bridgehead atoms. The fourth-order valence-electron chi connectivity index (χ4n) is 4.49. The van der Waals surface area contributed by atoms with Crippen LogP contribution in [0.25, 0.3) is 0 Å². The molecule has 0 N–H and O–H groups in total. The van der Waals surface area contributed by atoms with E-state index < -0.39 is 10.0 Å². The van der Waals surface area contributed by atoms with Gasteiger partial charge in [0.1, 0.15) is 0 Å². The zero-order valence-corrected chi connectivity index (χ0v) is 21.3. The molecule has 5 nitrogen and oxygen atoms in total. The standard InChI is InChI=1S/C29H25ClN2O3S/c1-21-11-16-25(30)19-28(21)32(36(34,35)26-8-3-2-4-9-26)20-22-12-14-24(15-13-22)29(33)31-18-17-23-7-5-6-10-27(23)31/h2-16,19H,17-18,20H2,1H3. The number of halogens is 1. The summed E-state index contributed by atoms with van der Waals surface area (Å²) in [6.45, 7) is 2.60. The average molecular weight is 517 g/mol. The quantitative estimate of drug-likeness (QED) is 0.304. The molecule has 0 saturated carbocycles. The van der Waals surface area contributed by atoms with Crippen LogP contribution >= 0.6 is 11.6 Å². The molecule has 4 aromatic carbocycles. The van der Waals surface area contributed by atoms with Crippen LogP contribution in [0.3, 0.4) is 0 Å². The summed E-state index contributed by atoms with van der Waals surface area (Å²) >= 11 is 6.25. The predicted octanol–water partition coefficient (Wildman–Crippen LogP) is 6.25. The van der Waals surface area contributed by atoms with E-state index in [9.17, 15) is 13.2 Å². The van der Waals surface area contributed by atoms with Crippen molar-refractivity contribution >= 4 is 38.9 Å². The third kappa shape index (κ3) is 4.62. The highest BCUT2D eigenvalue weighted by Crippen LogP contribution is 2.32. The molecule has 1 aliphatic rings. The zero-order valence-electron chi connectivity index (χ0n) is 19.8. The molecule has 0 fully saturated rings. The summed E-state index contributed by atoms with van der Waals surface area (Å²) < 4.78 is 28.7. The van der Waals surface area contributed by atoms with Crippen LogP contribution in [0.2, 0.25) is 5.02 Å². The lowest BCUT2D eigenvalue weighted by atomic mass is 10.1. The monoisotopic (exact) mass is 516 g/mol. The summed E-state index contributed by atoms with van der Waals surface area (Å²) in [6.07, 6.45) is 0.839. The van der Waals surface area contributed by atoms with Crippen LogP contribution in [-0.4, -0.2) is 20.9 Å². The number of amides is 1. The van der Waals surface area contributed by atoms with Crippen molar-refractivity contribution in [3.05, 3.63) is 124 Å². The van der Waals surface area contributed by atoms with Crippen LogP contribution in [0.15, 0.2) is 102 Å². The molecule has 0 aromatic heterocycles. The molecule has 182 valence electrons. The Balaban J connectivity index is 1.46. The summed E-state index contributed by atoms with van der Waals surface area (Å²) in [7, 11) is -3.87. The van der Waals surface area contributed by atoms with E-state index in [1.807, 2.05) is 43.3 Å². The zero-order chi connectivity index (χ0) is 25.3. The van der Waals surface area contributed by atoms with Gasteiger partial charge < -0.3 is 4.90 Å². The summed E-state index contributed by atoms with van der Waals surface area (Å²) in [4.78, 5) is 15.2. The van der Waals surface area contributed by atoms with Gasteiger partial charge in [0.25, 0.3) is 15.9 Å². The number of rotatable bonds is 6. The highest BCUT2D eigenvalue weighted by molar-refractivity contribution is 7.92. The molecule has 36 heavy (non-hydrogen) atoms. The Morgan fingerprint density at radius 2 is 1.61 bits per heavy atom. The number of fused-ring (bicyclic) bond motifs is 1. The van der Waals surface area contributed by atoms with Gasteiger partial charge in [-0.1, -0.05) is 66.2 Å². The number of carbonyl (C=O) groups is 1. The highest BCUT2D eigenvalue weighted by atomic mass is 35.5. The molecule has 1 aliphatic heterocycles. The molecule has 0 radical (unpaired) electrons. The molecule has 1 amide bonds. The molecule has 0 atom stereocenters. The Morgan fingerprint density at radius 3 is 2.36 bits per heavy atom. The lowest BCUT2D eigenvalue weighted by molar-refractivity contribution is 0.0989. The third-order valence-corrected chi connectivity index (χ3v) is 8.44. The smallest absolute Gasteiger partial charge is 0.264 e. The third-order valence-electron chi connectivity index (χ3n) is 6.43. The number of carbonyl (C=O) groups excluding carboxylic acids is 1. The van der Waals surface area contributed by atoms with Crippen molar-refractivity contribution in [1.29, 1.82) is 0 Å². The summed E-state index contributed by atoms with van der Waals surface area (Å²) in [5.41, 5.74) is 4.74. The molecule has 5 rings (SSSR count). The Morgan fingerprint density at radius 1 is 0.917 bits per heavy atom. The van der Waals surface area contributed by atoms with Crippen LogP contribution in [0.5, 0.6) is 0 Å². The van der Waals surface area contributed by atoms with Gasteiger partial charge in [0.15, 0.2) is 0 Å². The minimum atomic E-state index is -3.87. The maximum Gasteiger partial charge on any atom is 0.264 e. The number of benzene rings is 4. The lowest BCUT2D eigenvalue weighted by Gasteiger charge is -2.26. The summed E-state index contributed by atoms with van der Waals surface area (Å²) in [6, 6.07) is 28.6. The minimum absolute atomic E-state index is 0.0639. The number of sulfonamides is 1.